The van der Waals surface area contributed by atoms with E-state index in [2.05, 4.69) is 16.7 Å². The first-order chi connectivity index (χ1) is 10.1. The normalized spacial score (nSPS) is 9.76. The Morgan fingerprint density at radius 1 is 1.10 bits per heavy atom. The van der Waals surface area contributed by atoms with Crippen LogP contribution in [0.3, 0.4) is 0 Å². The lowest BCUT2D eigenvalue weighted by atomic mass is 10.2. The molecule has 0 radical (unpaired) electrons. The number of halogens is 2. The van der Waals surface area contributed by atoms with Crippen LogP contribution in [0.2, 0.25) is 10.0 Å². The maximum absolute atomic E-state index is 11.9. The lowest BCUT2D eigenvalue weighted by Crippen LogP contribution is -2.22. The van der Waals surface area contributed by atoms with Crippen LogP contribution in [0, 0.1) is 11.3 Å². The van der Waals surface area contributed by atoms with Gasteiger partial charge in [0.1, 0.15) is 6.07 Å². The number of nitrogens with zero attached hydrogens (tertiary/aromatic N) is 1. The molecule has 21 heavy (non-hydrogen) atoms. The van der Waals surface area contributed by atoms with Crippen molar-refractivity contribution in [2.75, 3.05) is 17.2 Å². The summed E-state index contributed by atoms with van der Waals surface area (Å²) in [4.78, 5) is 11.9. The molecule has 2 aromatic rings. The van der Waals surface area contributed by atoms with E-state index in [0.29, 0.717) is 27.0 Å². The molecule has 0 atom stereocenters. The van der Waals surface area contributed by atoms with E-state index in [1.807, 2.05) is 0 Å². The second-order valence-electron chi connectivity index (χ2n) is 4.16. The number of para-hydroxylation sites is 1. The molecule has 0 aliphatic heterocycles. The van der Waals surface area contributed by atoms with Crippen LogP contribution < -0.4 is 10.6 Å². The Bertz CT molecular complexity index is 710. The number of rotatable bonds is 4. The molecule has 2 N–H and O–H groups in total. The first-order valence-corrected chi connectivity index (χ1v) is 6.84. The standard InChI is InChI=1S/C15H11Cl2N3O/c16-11-5-3-7-13(15(11)17)20-14(21)9-19-12-6-2-1-4-10(12)8-18/h1-7,19H,9H2,(H,20,21). The van der Waals surface area contributed by atoms with Crippen LogP contribution in [0.5, 0.6) is 0 Å². The third-order valence-corrected chi connectivity index (χ3v) is 3.53. The zero-order valence-electron chi connectivity index (χ0n) is 10.9. The molecule has 0 saturated carbocycles. The highest BCUT2D eigenvalue weighted by Gasteiger charge is 2.09. The van der Waals surface area contributed by atoms with E-state index in [1.54, 1.807) is 42.5 Å². The highest BCUT2D eigenvalue weighted by atomic mass is 35.5. The van der Waals surface area contributed by atoms with Gasteiger partial charge in [-0.15, -0.1) is 0 Å². The monoisotopic (exact) mass is 319 g/mol. The molecule has 0 aromatic heterocycles. The molecular weight excluding hydrogens is 309 g/mol. The number of hydrogen-bond donors (Lipinski definition) is 2. The number of nitriles is 1. The van der Waals surface area contributed by atoms with E-state index < -0.39 is 0 Å². The summed E-state index contributed by atoms with van der Waals surface area (Å²) in [5.74, 6) is -0.285. The molecule has 0 unspecified atom stereocenters. The van der Waals surface area contributed by atoms with E-state index >= 15 is 0 Å². The highest BCUT2D eigenvalue weighted by molar-refractivity contribution is 6.44. The maximum atomic E-state index is 11.9. The van der Waals surface area contributed by atoms with Crippen LogP contribution >= 0.6 is 23.2 Å². The Morgan fingerprint density at radius 2 is 1.81 bits per heavy atom. The predicted molar refractivity (Wildman–Crippen MR) is 84.7 cm³/mol. The van der Waals surface area contributed by atoms with Crippen LogP contribution in [-0.4, -0.2) is 12.5 Å². The Balaban J connectivity index is 2.00. The quantitative estimate of drug-likeness (QED) is 0.897. The zero-order chi connectivity index (χ0) is 15.2. The minimum Gasteiger partial charge on any atom is -0.375 e. The van der Waals surface area contributed by atoms with Gasteiger partial charge in [0.05, 0.1) is 33.5 Å². The van der Waals surface area contributed by atoms with Gasteiger partial charge in [0, 0.05) is 0 Å². The van der Waals surface area contributed by atoms with Crippen LogP contribution in [0.1, 0.15) is 5.56 Å². The van der Waals surface area contributed by atoms with Crippen LogP contribution in [-0.2, 0) is 4.79 Å². The second-order valence-corrected chi connectivity index (χ2v) is 4.95. The van der Waals surface area contributed by atoms with Crippen LogP contribution in [0.4, 0.5) is 11.4 Å². The van der Waals surface area contributed by atoms with Crippen molar-refractivity contribution in [3.05, 3.63) is 58.1 Å². The molecular formula is C15H11Cl2N3O. The van der Waals surface area contributed by atoms with Gasteiger partial charge in [-0.2, -0.15) is 5.26 Å². The molecule has 0 fully saturated rings. The van der Waals surface area contributed by atoms with Crippen LogP contribution in [0.15, 0.2) is 42.5 Å². The molecule has 0 spiro atoms. The first-order valence-electron chi connectivity index (χ1n) is 6.08. The number of benzene rings is 2. The molecule has 1 amide bonds. The minimum absolute atomic E-state index is 0.0154. The number of carbonyl (C=O) groups is 1. The third kappa shape index (κ3) is 3.88. The van der Waals surface area contributed by atoms with E-state index in [1.165, 1.54) is 0 Å². The topological polar surface area (TPSA) is 64.9 Å². The van der Waals surface area contributed by atoms with E-state index in [-0.39, 0.29) is 12.5 Å². The largest absolute Gasteiger partial charge is 0.375 e. The van der Waals surface area contributed by atoms with Gasteiger partial charge in [-0.25, -0.2) is 0 Å². The fraction of sp³-hybridized carbons (Fsp3) is 0.0667. The molecule has 0 heterocycles. The Kier molecular flexibility index (Phi) is 5.04. The van der Waals surface area contributed by atoms with Crippen molar-refractivity contribution in [1.29, 1.82) is 5.26 Å². The molecule has 0 aliphatic carbocycles. The molecule has 6 heteroatoms. The van der Waals surface area contributed by atoms with Crippen molar-refractivity contribution in [3.8, 4) is 6.07 Å². The van der Waals surface area contributed by atoms with Crippen molar-refractivity contribution in [1.82, 2.24) is 0 Å². The van der Waals surface area contributed by atoms with Crippen molar-refractivity contribution < 1.29 is 4.79 Å². The Hall–Kier alpha value is -2.22. The fourth-order valence-electron chi connectivity index (χ4n) is 1.71. The molecule has 0 saturated heterocycles. The summed E-state index contributed by atoms with van der Waals surface area (Å²) in [5.41, 5.74) is 1.53. The smallest absolute Gasteiger partial charge is 0.243 e. The molecule has 106 valence electrons. The van der Waals surface area contributed by atoms with Gasteiger partial charge in [-0.3, -0.25) is 4.79 Å². The Morgan fingerprint density at radius 3 is 2.57 bits per heavy atom. The fourth-order valence-corrected chi connectivity index (χ4v) is 2.05. The number of anilines is 2. The van der Waals surface area contributed by atoms with Crippen molar-refractivity contribution >= 4 is 40.5 Å². The molecule has 0 aliphatic rings. The van der Waals surface area contributed by atoms with Gasteiger partial charge in [0.2, 0.25) is 5.91 Å². The van der Waals surface area contributed by atoms with E-state index in [4.69, 9.17) is 28.5 Å². The highest BCUT2D eigenvalue weighted by Crippen LogP contribution is 2.29. The van der Waals surface area contributed by atoms with Gasteiger partial charge < -0.3 is 10.6 Å². The van der Waals surface area contributed by atoms with Gasteiger partial charge in [-0.05, 0) is 24.3 Å². The summed E-state index contributed by atoms with van der Waals surface area (Å²) < 4.78 is 0. The number of carbonyl (C=O) groups excluding carboxylic acids is 1. The Labute approximate surface area is 132 Å². The minimum atomic E-state index is -0.285. The summed E-state index contributed by atoms with van der Waals surface area (Å²) in [5, 5.41) is 15.2. The zero-order valence-corrected chi connectivity index (χ0v) is 12.4. The molecule has 0 bridgehead atoms. The van der Waals surface area contributed by atoms with Gasteiger partial charge in [-0.1, -0.05) is 41.4 Å². The second kappa shape index (κ2) is 6.98. The summed E-state index contributed by atoms with van der Waals surface area (Å²) in [6, 6.07) is 14.0. The third-order valence-electron chi connectivity index (χ3n) is 2.71. The average Bonchev–Trinajstić information content (AvgIpc) is 2.50. The molecule has 4 nitrogen and oxygen atoms in total. The number of amides is 1. The van der Waals surface area contributed by atoms with Gasteiger partial charge in [0.25, 0.3) is 0 Å². The van der Waals surface area contributed by atoms with Gasteiger partial charge >= 0.3 is 0 Å². The van der Waals surface area contributed by atoms with Crippen molar-refractivity contribution in [2.24, 2.45) is 0 Å². The SMILES string of the molecule is N#Cc1ccccc1NCC(=O)Nc1cccc(Cl)c1Cl. The number of hydrogen-bond acceptors (Lipinski definition) is 3. The lowest BCUT2D eigenvalue weighted by molar-refractivity contribution is -0.114. The first kappa shape index (κ1) is 15.2. The molecule has 2 rings (SSSR count). The summed E-state index contributed by atoms with van der Waals surface area (Å²) in [6.45, 7) is 0.0154. The van der Waals surface area contributed by atoms with Gasteiger partial charge in [0.15, 0.2) is 0 Å². The summed E-state index contributed by atoms with van der Waals surface area (Å²) in [7, 11) is 0. The lowest BCUT2D eigenvalue weighted by Gasteiger charge is -2.10. The van der Waals surface area contributed by atoms with Crippen molar-refractivity contribution in [3.63, 3.8) is 0 Å². The maximum Gasteiger partial charge on any atom is 0.243 e. The average molecular weight is 320 g/mol. The number of nitrogens with one attached hydrogen (secondary N) is 2. The summed E-state index contributed by atoms with van der Waals surface area (Å²) >= 11 is 11.9. The summed E-state index contributed by atoms with van der Waals surface area (Å²) in [6.07, 6.45) is 0. The van der Waals surface area contributed by atoms with Crippen molar-refractivity contribution in [2.45, 2.75) is 0 Å². The van der Waals surface area contributed by atoms with Crippen LogP contribution in [0.25, 0.3) is 0 Å². The molecule has 2 aromatic carbocycles. The predicted octanol–water partition coefficient (Wildman–Crippen LogP) is 3.92. The van der Waals surface area contributed by atoms with E-state index in [0.717, 1.165) is 0 Å². The van der Waals surface area contributed by atoms with E-state index in [9.17, 15) is 4.79 Å².